The monoisotopic (exact) mass is 370 g/mol. The van der Waals surface area contributed by atoms with Crippen molar-refractivity contribution in [2.45, 2.75) is 13.0 Å². The summed E-state index contributed by atoms with van der Waals surface area (Å²) in [5.74, 6) is 0.712. The first kappa shape index (κ1) is 17.9. The van der Waals surface area contributed by atoms with Crippen LogP contribution in [0.4, 0.5) is 0 Å². The summed E-state index contributed by atoms with van der Waals surface area (Å²) in [6, 6.07) is 25.4. The van der Waals surface area contributed by atoms with Gasteiger partial charge >= 0.3 is 0 Å². The molecule has 0 aliphatic rings. The summed E-state index contributed by atoms with van der Waals surface area (Å²) < 4.78 is 5.81. The van der Waals surface area contributed by atoms with Gasteiger partial charge in [-0.1, -0.05) is 54.6 Å². The average Bonchev–Trinajstić information content (AvgIpc) is 3.16. The molecular formula is C24H22N2O2. The molecule has 140 valence electrons. The van der Waals surface area contributed by atoms with Gasteiger partial charge in [0, 0.05) is 34.8 Å². The minimum absolute atomic E-state index is 0.0768. The van der Waals surface area contributed by atoms with E-state index < -0.39 is 0 Å². The van der Waals surface area contributed by atoms with E-state index in [1.165, 1.54) is 10.9 Å². The van der Waals surface area contributed by atoms with Gasteiger partial charge in [0.1, 0.15) is 12.4 Å². The maximum atomic E-state index is 12.7. The summed E-state index contributed by atoms with van der Waals surface area (Å²) in [4.78, 5) is 16.0. The van der Waals surface area contributed by atoms with Crippen LogP contribution in [0.5, 0.6) is 5.75 Å². The Morgan fingerprint density at radius 2 is 1.61 bits per heavy atom. The maximum absolute atomic E-state index is 12.7. The molecule has 4 aromatic rings. The van der Waals surface area contributed by atoms with Gasteiger partial charge in [-0.05, 0) is 36.2 Å². The van der Waals surface area contributed by atoms with E-state index >= 15 is 0 Å². The van der Waals surface area contributed by atoms with Gasteiger partial charge in [0.15, 0.2) is 0 Å². The molecular weight excluding hydrogens is 348 g/mol. The van der Waals surface area contributed by atoms with Gasteiger partial charge in [-0.25, -0.2) is 0 Å². The molecule has 1 aromatic heterocycles. The molecule has 28 heavy (non-hydrogen) atoms. The Morgan fingerprint density at radius 1 is 0.857 bits per heavy atom. The van der Waals surface area contributed by atoms with Crippen LogP contribution in [0.2, 0.25) is 0 Å². The number of carbonyl (C=O) groups excluding carboxylic acids is 1. The second kappa shape index (κ2) is 8.44. The van der Waals surface area contributed by atoms with Crippen LogP contribution in [0, 0.1) is 0 Å². The van der Waals surface area contributed by atoms with E-state index in [1.54, 1.807) is 0 Å². The Bertz CT molecular complexity index is 1070. The lowest BCUT2D eigenvalue weighted by Crippen LogP contribution is -2.26. The van der Waals surface area contributed by atoms with Crippen LogP contribution in [-0.2, 0) is 13.0 Å². The number of ether oxygens (including phenoxy) is 1. The molecule has 1 heterocycles. The van der Waals surface area contributed by atoms with Crippen molar-refractivity contribution in [1.82, 2.24) is 10.3 Å². The molecule has 0 saturated carbocycles. The lowest BCUT2D eigenvalue weighted by Gasteiger charge is -2.11. The van der Waals surface area contributed by atoms with Crippen molar-refractivity contribution < 1.29 is 9.53 Å². The number of hydrogen-bond acceptors (Lipinski definition) is 2. The Balaban J connectivity index is 1.38. The van der Waals surface area contributed by atoms with Crippen LogP contribution in [0.25, 0.3) is 10.9 Å². The number of fused-ring (bicyclic) bond motifs is 1. The van der Waals surface area contributed by atoms with E-state index in [2.05, 4.69) is 22.4 Å². The van der Waals surface area contributed by atoms with Crippen molar-refractivity contribution in [3.05, 3.63) is 102 Å². The van der Waals surface area contributed by atoms with Crippen LogP contribution >= 0.6 is 0 Å². The van der Waals surface area contributed by atoms with Gasteiger partial charge in [0.2, 0.25) is 0 Å². The Kier molecular flexibility index (Phi) is 5.38. The molecule has 2 N–H and O–H groups in total. The number of nitrogens with one attached hydrogen (secondary N) is 2. The van der Waals surface area contributed by atoms with E-state index in [0.717, 1.165) is 23.3 Å². The van der Waals surface area contributed by atoms with Gasteiger partial charge < -0.3 is 15.0 Å². The van der Waals surface area contributed by atoms with Crippen LogP contribution in [0.15, 0.2) is 85.1 Å². The largest absolute Gasteiger partial charge is 0.489 e. The Morgan fingerprint density at radius 3 is 2.50 bits per heavy atom. The first-order valence-corrected chi connectivity index (χ1v) is 9.40. The zero-order valence-electron chi connectivity index (χ0n) is 15.5. The minimum Gasteiger partial charge on any atom is -0.489 e. The highest BCUT2D eigenvalue weighted by Crippen LogP contribution is 2.18. The van der Waals surface area contributed by atoms with Crippen molar-refractivity contribution in [3.8, 4) is 5.75 Å². The average molecular weight is 370 g/mol. The summed E-state index contributed by atoms with van der Waals surface area (Å²) >= 11 is 0. The number of amides is 1. The number of benzene rings is 3. The zero-order chi connectivity index (χ0) is 19.2. The topological polar surface area (TPSA) is 54.1 Å². The maximum Gasteiger partial charge on any atom is 0.251 e. The molecule has 3 aromatic carbocycles. The van der Waals surface area contributed by atoms with E-state index in [1.807, 2.05) is 72.9 Å². The molecule has 0 aliphatic carbocycles. The molecule has 0 atom stereocenters. The van der Waals surface area contributed by atoms with Crippen molar-refractivity contribution in [1.29, 1.82) is 0 Å². The minimum atomic E-state index is -0.0768. The van der Waals surface area contributed by atoms with Gasteiger partial charge in [-0.2, -0.15) is 0 Å². The third kappa shape index (κ3) is 4.07. The van der Waals surface area contributed by atoms with E-state index in [9.17, 15) is 4.79 Å². The summed E-state index contributed by atoms with van der Waals surface area (Å²) in [6.07, 6.45) is 2.79. The molecule has 0 saturated heterocycles. The standard InChI is InChI=1S/C24H22N2O2/c27-24(25-15-14-18-16-26-23-13-7-6-11-21(18)23)22-12-5-4-8-19(22)17-28-20-9-2-1-3-10-20/h1-13,16,26H,14-15,17H2,(H,25,27). The third-order valence-corrected chi connectivity index (χ3v) is 4.75. The fraction of sp³-hybridized carbons (Fsp3) is 0.125. The quantitative estimate of drug-likeness (QED) is 0.495. The Hall–Kier alpha value is -3.53. The number of para-hydroxylation sites is 2. The molecule has 4 nitrogen and oxygen atoms in total. The fourth-order valence-corrected chi connectivity index (χ4v) is 3.29. The first-order valence-electron chi connectivity index (χ1n) is 9.40. The summed E-state index contributed by atoms with van der Waals surface area (Å²) in [5, 5.41) is 4.23. The van der Waals surface area contributed by atoms with Crippen molar-refractivity contribution in [2.24, 2.45) is 0 Å². The second-order valence-electron chi connectivity index (χ2n) is 6.62. The number of carbonyl (C=O) groups is 1. The molecule has 0 spiro atoms. The van der Waals surface area contributed by atoms with Crippen molar-refractivity contribution in [3.63, 3.8) is 0 Å². The van der Waals surface area contributed by atoms with Crippen LogP contribution in [-0.4, -0.2) is 17.4 Å². The van der Waals surface area contributed by atoms with Gasteiger partial charge in [-0.15, -0.1) is 0 Å². The lowest BCUT2D eigenvalue weighted by atomic mass is 10.1. The van der Waals surface area contributed by atoms with Crippen LogP contribution in [0.3, 0.4) is 0 Å². The molecule has 1 amide bonds. The first-order chi connectivity index (χ1) is 13.8. The molecule has 4 heteroatoms. The van der Waals surface area contributed by atoms with Crippen molar-refractivity contribution in [2.75, 3.05) is 6.54 Å². The second-order valence-corrected chi connectivity index (χ2v) is 6.62. The SMILES string of the molecule is O=C(NCCc1c[nH]c2ccccc12)c1ccccc1COc1ccccc1. The normalized spacial score (nSPS) is 10.7. The molecule has 0 radical (unpaired) electrons. The molecule has 0 unspecified atom stereocenters. The highest BCUT2D eigenvalue weighted by Gasteiger charge is 2.11. The fourth-order valence-electron chi connectivity index (χ4n) is 3.29. The van der Waals surface area contributed by atoms with E-state index in [-0.39, 0.29) is 5.91 Å². The zero-order valence-corrected chi connectivity index (χ0v) is 15.5. The highest BCUT2D eigenvalue weighted by atomic mass is 16.5. The predicted octanol–water partition coefficient (Wildman–Crippen LogP) is 4.72. The molecule has 0 fully saturated rings. The molecule has 0 aliphatic heterocycles. The molecule has 0 bridgehead atoms. The number of hydrogen-bond donors (Lipinski definition) is 2. The van der Waals surface area contributed by atoms with Gasteiger partial charge in [0.05, 0.1) is 0 Å². The summed E-state index contributed by atoms with van der Waals surface area (Å²) in [5.41, 5.74) is 3.84. The smallest absolute Gasteiger partial charge is 0.251 e. The van der Waals surface area contributed by atoms with E-state index in [4.69, 9.17) is 4.74 Å². The van der Waals surface area contributed by atoms with Crippen molar-refractivity contribution >= 4 is 16.8 Å². The number of H-pyrrole nitrogens is 1. The van der Waals surface area contributed by atoms with Gasteiger partial charge in [-0.3, -0.25) is 4.79 Å². The van der Waals surface area contributed by atoms with Crippen LogP contribution < -0.4 is 10.1 Å². The summed E-state index contributed by atoms with van der Waals surface area (Å²) in [7, 11) is 0. The predicted molar refractivity (Wildman–Crippen MR) is 112 cm³/mol. The van der Waals surface area contributed by atoms with Gasteiger partial charge in [0.25, 0.3) is 5.91 Å². The molecule has 4 rings (SSSR count). The number of rotatable bonds is 7. The number of aromatic nitrogens is 1. The third-order valence-electron chi connectivity index (χ3n) is 4.75. The number of aromatic amines is 1. The Labute approximate surface area is 164 Å². The summed E-state index contributed by atoms with van der Waals surface area (Å²) in [6.45, 7) is 0.935. The lowest BCUT2D eigenvalue weighted by molar-refractivity contribution is 0.0951. The highest BCUT2D eigenvalue weighted by molar-refractivity contribution is 5.95. The van der Waals surface area contributed by atoms with Crippen LogP contribution in [0.1, 0.15) is 21.5 Å². The van der Waals surface area contributed by atoms with E-state index in [0.29, 0.717) is 18.7 Å².